The van der Waals surface area contributed by atoms with Gasteiger partial charge in [-0.05, 0) is 37.8 Å². The first-order valence-corrected chi connectivity index (χ1v) is 6.68. The zero-order chi connectivity index (χ0) is 10.7. The number of halogens is 1. The zero-order valence-electron chi connectivity index (χ0n) is 8.66. The lowest BCUT2D eigenvalue weighted by Gasteiger charge is -2.25. The molecule has 1 aromatic carbocycles. The Morgan fingerprint density at radius 1 is 1.13 bits per heavy atom. The van der Waals surface area contributed by atoms with Crippen LogP contribution < -0.4 is 5.73 Å². The van der Waals surface area contributed by atoms with E-state index in [0.29, 0.717) is 11.3 Å². The predicted octanol–water partition coefficient (Wildman–Crippen LogP) is 3.70. The number of rotatable bonds is 2. The highest BCUT2D eigenvalue weighted by Crippen LogP contribution is 2.36. The van der Waals surface area contributed by atoms with Gasteiger partial charge in [-0.25, -0.2) is 0 Å². The van der Waals surface area contributed by atoms with Gasteiger partial charge in [-0.3, -0.25) is 0 Å². The van der Waals surface area contributed by atoms with Crippen LogP contribution in [-0.4, -0.2) is 11.3 Å². The standard InChI is InChI=1S/C12H16ClNS/c13-11-3-1-2-4-12(11)15-10-7-5-9(14)6-8-10/h1-4,9-10H,5-8,14H2. The van der Waals surface area contributed by atoms with Crippen LogP contribution in [0.2, 0.25) is 5.02 Å². The summed E-state index contributed by atoms with van der Waals surface area (Å²) in [7, 11) is 0. The third kappa shape index (κ3) is 3.13. The summed E-state index contributed by atoms with van der Waals surface area (Å²) in [4.78, 5) is 1.21. The van der Waals surface area contributed by atoms with E-state index in [9.17, 15) is 0 Å². The Bertz CT molecular complexity index is 321. The molecule has 0 saturated heterocycles. The molecule has 2 rings (SSSR count). The molecule has 0 unspecified atom stereocenters. The van der Waals surface area contributed by atoms with Crippen molar-refractivity contribution in [2.45, 2.75) is 41.9 Å². The van der Waals surface area contributed by atoms with Gasteiger partial charge in [-0.15, -0.1) is 11.8 Å². The van der Waals surface area contributed by atoms with Crippen molar-refractivity contribution >= 4 is 23.4 Å². The second-order valence-corrected chi connectivity index (χ2v) is 5.83. The van der Waals surface area contributed by atoms with Gasteiger partial charge in [0.05, 0.1) is 5.02 Å². The van der Waals surface area contributed by atoms with E-state index in [1.165, 1.54) is 17.7 Å². The van der Waals surface area contributed by atoms with Crippen LogP contribution in [0.25, 0.3) is 0 Å². The summed E-state index contributed by atoms with van der Waals surface area (Å²) >= 11 is 8.03. The molecule has 0 bridgehead atoms. The van der Waals surface area contributed by atoms with Gasteiger partial charge in [0.1, 0.15) is 0 Å². The predicted molar refractivity (Wildman–Crippen MR) is 67.5 cm³/mol. The Kier molecular flexibility index (Phi) is 3.95. The Morgan fingerprint density at radius 3 is 2.47 bits per heavy atom. The molecule has 1 fully saturated rings. The second-order valence-electron chi connectivity index (χ2n) is 4.09. The Morgan fingerprint density at radius 2 is 1.80 bits per heavy atom. The summed E-state index contributed by atoms with van der Waals surface area (Å²) in [5.41, 5.74) is 5.88. The number of thioether (sulfide) groups is 1. The lowest BCUT2D eigenvalue weighted by atomic mass is 9.96. The summed E-state index contributed by atoms with van der Waals surface area (Å²) < 4.78 is 0. The van der Waals surface area contributed by atoms with E-state index in [1.807, 2.05) is 30.0 Å². The van der Waals surface area contributed by atoms with Gasteiger partial charge in [-0.1, -0.05) is 23.7 Å². The number of nitrogens with two attached hydrogens (primary N) is 1. The summed E-state index contributed by atoms with van der Waals surface area (Å²) in [6.45, 7) is 0. The first-order valence-electron chi connectivity index (χ1n) is 5.42. The van der Waals surface area contributed by atoms with Crippen LogP contribution in [-0.2, 0) is 0 Å². The number of hydrogen-bond acceptors (Lipinski definition) is 2. The minimum absolute atomic E-state index is 0.424. The van der Waals surface area contributed by atoms with Crippen molar-refractivity contribution < 1.29 is 0 Å². The van der Waals surface area contributed by atoms with Gasteiger partial charge in [-0.2, -0.15) is 0 Å². The lowest BCUT2D eigenvalue weighted by molar-refractivity contribution is 0.451. The third-order valence-electron chi connectivity index (χ3n) is 2.85. The molecular weight excluding hydrogens is 226 g/mol. The summed E-state index contributed by atoms with van der Waals surface area (Å²) in [5.74, 6) is 0. The van der Waals surface area contributed by atoms with Crippen LogP contribution in [0.3, 0.4) is 0 Å². The highest BCUT2D eigenvalue weighted by Gasteiger charge is 2.19. The number of hydrogen-bond donors (Lipinski definition) is 1. The van der Waals surface area contributed by atoms with Crippen molar-refractivity contribution in [2.75, 3.05) is 0 Å². The monoisotopic (exact) mass is 241 g/mol. The smallest absolute Gasteiger partial charge is 0.0541 e. The van der Waals surface area contributed by atoms with Crippen molar-refractivity contribution in [3.05, 3.63) is 29.3 Å². The largest absolute Gasteiger partial charge is 0.328 e. The highest BCUT2D eigenvalue weighted by molar-refractivity contribution is 8.00. The van der Waals surface area contributed by atoms with Crippen LogP contribution in [0.15, 0.2) is 29.2 Å². The Balaban J connectivity index is 1.95. The average molecular weight is 242 g/mol. The minimum atomic E-state index is 0.424. The maximum Gasteiger partial charge on any atom is 0.0541 e. The van der Waals surface area contributed by atoms with Gasteiger partial charge in [0.2, 0.25) is 0 Å². The molecule has 0 aliphatic heterocycles. The van der Waals surface area contributed by atoms with Crippen LogP contribution >= 0.6 is 23.4 Å². The van der Waals surface area contributed by atoms with Gasteiger partial charge < -0.3 is 5.73 Å². The van der Waals surface area contributed by atoms with E-state index in [4.69, 9.17) is 17.3 Å². The van der Waals surface area contributed by atoms with Crippen molar-refractivity contribution in [2.24, 2.45) is 5.73 Å². The second kappa shape index (κ2) is 5.24. The van der Waals surface area contributed by atoms with E-state index in [1.54, 1.807) is 0 Å². The van der Waals surface area contributed by atoms with E-state index < -0.39 is 0 Å². The molecule has 0 radical (unpaired) electrons. The fourth-order valence-electron chi connectivity index (χ4n) is 1.93. The van der Waals surface area contributed by atoms with E-state index >= 15 is 0 Å². The minimum Gasteiger partial charge on any atom is -0.328 e. The van der Waals surface area contributed by atoms with Crippen molar-refractivity contribution in [3.63, 3.8) is 0 Å². The molecule has 0 amide bonds. The third-order valence-corrected chi connectivity index (χ3v) is 4.71. The van der Waals surface area contributed by atoms with Crippen LogP contribution in [0.4, 0.5) is 0 Å². The maximum absolute atomic E-state index is 6.13. The fourth-order valence-corrected chi connectivity index (χ4v) is 3.40. The summed E-state index contributed by atoms with van der Waals surface area (Å²) in [6.07, 6.45) is 4.75. The van der Waals surface area contributed by atoms with Crippen LogP contribution in [0.1, 0.15) is 25.7 Å². The lowest BCUT2D eigenvalue weighted by Crippen LogP contribution is -2.27. The van der Waals surface area contributed by atoms with E-state index in [0.717, 1.165) is 17.9 Å². The maximum atomic E-state index is 6.13. The summed E-state index contributed by atoms with van der Waals surface area (Å²) in [5, 5.41) is 1.57. The molecule has 0 atom stereocenters. The van der Waals surface area contributed by atoms with E-state index in [2.05, 4.69) is 6.07 Å². The van der Waals surface area contributed by atoms with Gasteiger partial charge in [0.25, 0.3) is 0 Å². The SMILES string of the molecule is NC1CCC(Sc2ccccc2Cl)CC1. The molecule has 1 saturated carbocycles. The molecule has 1 aliphatic rings. The van der Waals surface area contributed by atoms with Crippen LogP contribution in [0.5, 0.6) is 0 Å². The number of benzene rings is 1. The van der Waals surface area contributed by atoms with Crippen molar-refractivity contribution in [1.29, 1.82) is 0 Å². The molecule has 0 heterocycles. The van der Waals surface area contributed by atoms with Gasteiger partial charge in [0, 0.05) is 16.2 Å². The van der Waals surface area contributed by atoms with Gasteiger partial charge >= 0.3 is 0 Å². The molecule has 1 nitrogen and oxygen atoms in total. The zero-order valence-corrected chi connectivity index (χ0v) is 10.2. The normalized spacial score (nSPS) is 26.5. The fraction of sp³-hybridized carbons (Fsp3) is 0.500. The molecule has 3 heteroatoms. The highest BCUT2D eigenvalue weighted by atomic mass is 35.5. The summed E-state index contributed by atoms with van der Waals surface area (Å²) in [6, 6.07) is 8.50. The molecule has 1 aromatic rings. The first-order chi connectivity index (χ1) is 7.25. The first kappa shape index (κ1) is 11.3. The molecule has 82 valence electrons. The van der Waals surface area contributed by atoms with Crippen molar-refractivity contribution in [3.8, 4) is 0 Å². The molecule has 15 heavy (non-hydrogen) atoms. The Hall–Kier alpha value is -0.180. The topological polar surface area (TPSA) is 26.0 Å². The van der Waals surface area contributed by atoms with E-state index in [-0.39, 0.29) is 0 Å². The molecule has 0 aromatic heterocycles. The molecular formula is C12H16ClNS. The molecule has 1 aliphatic carbocycles. The van der Waals surface area contributed by atoms with Crippen LogP contribution in [0, 0.1) is 0 Å². The van der Waals surface area contributed by atoms with Crippen molar-refractivity contribution in [1.82, 2.24) is 0 Å². The molecule has 2 N–H and O–H groups in total. The molecule has 0 spiro atoms. The quantitative estimate of drug-likeness (QED) is 0.855. The average Bonchev–Trinajstić information content (AvgIpc) is 2.25. The Labute approximate surface area is 100 Å². The van der Waals surface area contributed by atoms with Gasteiger partial charge in [0.15, 0.2) is 0 Å².